The molecular weight excluding hydrogens is 522 g/mol. The SMILES string of the molecule is C/N=C(\C=C(/Nc1ccccc1Cl)c1ccc(C(=O)NCc2ccc(Cl)c(Cl)c2)cc1)C(F)(F)F. The standard InChI is InChI=1S/C25H19Cl3F3N3O/c1-32-23(25(29,30)31)13-22(34-21-5-3-2-4-19(21)27)16-7-9-17(10-8-16)24(35)33-14-15-6-11-18(26)20(28)12-15/h2-13,34H,14H2,1H3,(H,33,35)/b22-13-,32-23+. The first kappa shape index (κ1) is 26.6. The number of nitrogens with zero attached hydrogens (tertiary/aromatic N) is 1. The molecule has 0 aliphatic carbocycles. The van der Waals surface area contributed by atoms with Crippen LogP contribution in [0.15, 0.2) is 77.8 Å². The van der Waals surface area contributed by atoms with Crippen molar-refractivity contribution >= 4 is 57.8 Å². The first-order chi connectivity index (χ1) is 16.6. The molecule has 3 rings (SSSR count). The molecule has 0 atom stereocenters. The number of anilines is 1. The van der Waals surface area contributed by atoms with Crippen molar-refractivity contribution in [2.24, 2.45) is 4.99 Å². The average molecular weight is 541 g/mol. The topological polar surface area (TPSA) is 53.5 Å². The molecule has 10 heteroatoms. The van der Waals surface area contributed by atoms with Crippen LogP contribution in [0.5, 0.6) is 0 Å². The Morgan fingerprint density at radius 2 is 1.57 bits per heavy atom. The number of halogens is 6. The van der Waals surface area contributed by atoms with E-state index in [0.717, 1.165) is 18.7 Å². The zero-order valence-electron chi connectivity index (χ0n) is 18.3. The van der Waals surface area contributed by atoms with Gasteiger partial charge in [0.25, 0.3) is 5.91 Å². The predicted octanol–water partition coefficient (Wildman–Crippen LogP) is 7.66. The minimum Gasteiger partial charge on any atom is -0.354 e. The molecule has 182 valence electrons. The molecule has 1 amide bonds. The molecular formula is C25H19Cl3F3N3O. The highest BCUT2D eigenvalue weighted by molar-refractivity contribution is 6.42. The van der Waals surface area contributed by atoms with Crippen LogP contribution in [0, 0.1) is 0 Å². The summed E-state index contributed by atoms with van der Waals surface area (Å²) < 4.78 is 40.1. The van der Waals surface area contributed by atoms with E-state index in [1.54, 1.807) is 42.5 Å². The normalized spacial score (nSPS) is 12.4. The van der Waals surface area contributed by atoms with Crippen LogP contribution in [0.2, 0.25) is 15.1 Å². The number of carbonyl (C=O) groups excluding carboxylic acids is 1. The summed E-state index contributed by atoms with van der Waals surface area (Å²) in [7, 11) is 1.06. The summed E-state index contributed by atoms with van der Waals surface area (Å²) >= 11 is 18.1. The Morgan fingerprint density at radius 3 is 2.17 bits per heavy atom. The number of allylic oxidation sites excluding steroid dienone is 1. The lowest BCUT2D eigenvalue weighted by Crippen LogP contribution is -2.23. The van der Waals surface area contributed by atoms with Gasteiger partial charge < -0.3 is 10.6 Å². The van der Waals surface area contributed by atoms with Crippen molar-refractivity contribution in [3.63, 3.8) is 0 Å². The lowest BCUT2D eigenvalue weighted by Gasteiger charge is -2.15. The molecule has 0 radical (unpaired) electrons. The maximum Gasteiger partial charge on any atom is 0.432 e. The van der Waals surface area contributed by atoms with Crippen LogP contribution < -0.4 is 10.6 Å². The van der Waals surface area contributed by atoms with Gasteiger partial charge in [0.1, 0.15) is 5.71 Å². The van der Waals surface area contributed by atoms with Crippen LogP contribution in [0.1, 0.15) is 21.5 Å². The molecule has 0 saturated heterocycles. The van der Waals surface area contributed by atoms with Crippen LogP contribution in [0.25, 0.3) is 5.70 Å². The summed E-state index contributed by atoms with van der Waals surface area (Å²) in [5.41, 5.74) is 0.940. The molecule has 2 N–H and O–H groups in total. The number of nitrogens with one attached hydrogen (secondary N) is 2. The van der Waals surface area contributed by atoms with E-state index in [1.807, 2.05) is 0 Å². The van der Waals surface area contributed by atoms with E-state index < -0.39 is 11.9 Å². The van der Waals surface area contributed by atoms with Crippen LogP contribution in [-0.4, -0.2) is 24.8 Å². The molecule has 0 heterocycles. The van der Waals surface area contributed by atoms with Crippen LogP contribution in [0.4, 0.5) is 18.9 Å². The largest absolute Gasteiger partial charge is 0.432 e. The number of benzene rings is 3. The van der Waals surface area contributed by atoms with Crippen molar-refractivity contribution in [2.45, 2.75) is 12.7 Å². The number of hydrogen-bond acceptors (Lipinski definition) is 3. The van der Waals surface area contributed by atoms with Gasteiger partial charge in [-0.1, -0.05) is 65.1 Å². The van der Waals surface area contributed by atoms with Crippen LogP contribution in [0.3, 0.4) is 0 Å². The van der Waals surface area contributed by atoms with Crippen molar-refractivity contribution < 1.29 is 18.0 Å². The Labute approximate surface area is 215 Å². The summed E-state index contributed by atoms with van der Waals surface area (Å²) in [6, 6.07) is 17.8. The summed E-state index contributed by atoms with van der Waals surface area (Å²) in [6.07, 6.45) is -3.75. The minimum absolute atomic E-state index is 0.110. The van der Waals surface area contributed by atoms with E-state index in [1.165, 1.54) is 24.3 Å². The van der Waals surface area contributed by atoms with E-state index in [0.29, 0.717) is 31.9 Å². The summed E-state index contributed by atoms with van der Waals surface area (Å²) in [5, 5.41) is 6.81. The Balaban J connectivity index is 1.84. The van der Waals surface area contributed by atoms with Gasteiger partial charge in [0.15, 0.2) is 0 Å². The number of alkyl halides is 3. The average Bonchev–Trinajstić information content (AvgIpc) is 2.82. The monoisotopic (exact) mass is 539 g/mol. The van der Waals surface area contributed by atoms with Gasteiger partial charge in [-0.2, -0.15) is 13.2 Å². The summed E-state index contributed by atoms with van der Waals surface area (Å²) in [4.78, 5) is 15.9. The van der Waals surface area contributed by atoms with Gasteiger partial charge in [-0.05, 0) is 53.6 Å². The van der Waals surface area contributed by atoms with Gasteiger partial charge in [-0.3, -0.25) is 9.79 Å². The lowest BCUT2D eigenvalue weighted by atomic mass is 10.1. The minimum atomic E-state index is -4.65. The second kappa shape index (κ2) is 11.6. The van der Waals surface area contributed by atoms with Crippen molar-refractivity contribution in [3.05, 3.63) is 105 Å². The fourth-order valence-corrected chi connectivity index (χ4v) is 3.55. The Bertz CT molecular complexity index is 1270. The van der Waals surface area contributed by atoms with E-state index in [9.17, 15) is 18.0 Å². The number of hydrogen-bond donors (Lipinski definition) is 2. The second-order valence-corrected chi connectivity index (χ2v) is 8.50. The summed E-state index contributed by atoms with van der Waals surface area (Å²) in [6.45, 7) is 0.221. The molecule has 0 fully saturated rings. The van der Waals surface area contributed by atoms with Gasteiger partial charge >= 0.3 is 6.18 Å². The third kappa shape index (κ3) is 7.24. The van der Waals surface area contributed by atoms with E-state index in [2.05, 4.69) is 15.6 Å². The van der Waals surface area contributed by atoms with Gasteiger partial charge in [0, 0.05) is 24.9 Å². The highest BCUT2D eigenvalue weighted by Gasteiger charge is 2.34. The molecule has 0 aromatic heterocycles. The van der Waals surface area contributed by atoms with Crippen molar-refractivity contribution in [1.82, 2.24) is 5.32 Å². The third-order valence-corrected chi connectivity index (χ3v) is 5.92. The van der Waals surface area contributed by atoms with E-state index in [-0.39, 0.29) is 18.1 Å². The second-order valence-electron chi connectivity index (χ2n) is 7.28. The zero-order chi connectivity index (χ0) is 25.6. The molecule has 3 aromatic carbocycles. The quantitative estimate of drug-likeness (QED) is 0.302. The van der Waals surface area contributed by atoms with Gasteiger partial charge in [-0.25, -0.2) is 0 Å². The van der Waals surface area contributed by atoms with Crippen LogP contribution >= 0.6 is 34.8 Å². The Kier molecular flexibility index (Phi) is 8.83. The first-order valence-corrected chi connectivity index (χ1v) is 11.3. The maximum atomic E-state index is 13.4. The number of carbonyl (C=O) groups is 1. The third-order valence-electron chi connectivity index (χ3n) is 4.85. The van der Waals surface area contributed by atoms with Crippen molar-refractivity contribution in [2.75, 3.05) is 12.4 Å². The van der Waals surface area contributed by atoms with Crippen molar-refractivity contribution in [1.29, 1.82) is 0 Å². The molecule has 0 spiro atoms. The summed E-state index contributed by atoms with van der Waals surface area (Å²) in [5.74, 6) is -0.363. The molecule has 4 nitrogen and oxygen atoms in total. The predicted molar refractivity (Wildman–Crippen MR) is 137 cm³/mol. The van der Waals surface area contributed by atoms with Gasteiger partial charge in [-0.15, -0.1) is 0 Å². The maximum absolute atomic E-state index is 13.4. The molecule has 0 bridgehead atoms. The lowest BCUT2D eigenvalue weighted by molar-refractivity contribution is -0.0577. The fourth-order valence-electron chi connectivity index (χ4n) is 3.04. The first-order valence-electron chi connectivity index (χ1n) is 10.2. The number of aliphatic imine (C=N–C) groups is 1. The van der Waals surface area contributed by atoms with Crippen LogP contribution in [-0.2, 0) is 6.54 Å². The number of rotatable bonds is 7. The molecule has 0 aliphatic heterocycles. The van der Waals surface area contributed by atoms with Gasteiger partial charge in [0.2, 0.25) is 0 Å². The Morgan fingerprint density at radius 1 is 0.914 bits per heavy atom. The zero-order valence-corrected chi connectivity index (χ0v) is 20.5. The highest BCUT2D eigenvalue weighted by Crippen LogP contribution is 2.28. The fraction of sp³-hybridized carbons (Fsp3) is 0.120. The molecule has 0 aliphatic rings. The van der Waals surface area contributed by atoms with Crippen molar-refractivity contribution in [3.8, 4) is 0 Å². The van der Waals surface area contributed by atoms with E-state index >= 15 is 0 Å². The number of amides is 1. The molecule has 0 saturated carbocycles. The Hall–Kier alpha value is -3.00. The van der Waals surface area contributed by atoms with E-state index in [4.69, 9.17) is 34.8 Å². The molecule has 3 aromatic rings. The van der Waals surface area contributed by atoms with Gasteiger partial charge in [0.05, 0.1) is 20.8 Å². The molecule has 0 unspecified atom stereocenters. The highest BCUT2D eigenvalue weighted by atomic mass is 35.5. The smallest absolute Gasteiger partial charge is 0.354 e. The number of para-hydroxylation sites is 1. The molecule has 35 heavy (non-hydrogen) atoms.